The topological polar surface area (TPSA) is 50.4 Å². The van der Waals surface area contributed by atoms with Gasteiger partial charge in [0.2, 0.25) is 5.91 Å². The number of benzene rings is 1. The minimum Gasteiger partial charge on any atom is -0.382 e. The molecule has 20 heavy (non-hydrogen) atoms. The number of hydrogen-bond acceptors (Lipinski definition) is 3. The van der Waals surface area contributed by atoms with Crippen molar-refractivity contribution >= 4 is 17.3 Å². The van der Waals surface area contributed by atoms with Gasteiger partial charge in [-0.25, -0.2) is 0 Å². The third kappa shape index (κ3) is 4.23. The molecule has 1 aromatic carbocycles. The molecule has 1 fully saturated rings. The van der Waals surface area contributed by atoms with Crippen LogP contribution in [0.2, 0.25) is 0 Å². The van der Waals surface area contributed by atoms with Crippen LogP contribution < -0.4 is 10.6 Å². The first kappa shape index (κ1) is 14.9. The van der Waals surface area contributed by atoms with Crippen LogP contribution in [0.1, 0.15) is 40.0 Å². The predicted octanol–water partition coefficient (Wildman–Crippen LogP) is 3.40. The van der Waals surface area contributed by atoms with Crippen molar-refractivity contribution in [2.75, 3.05) is 10.6 Å². The van der Waals surface area contributed by atoms with Gasteiger partial charge in [0.15, 0.2) is 0 Å². The van der Waals surface area contributed by atoms with Gasteiger partial charge < -0.3 is 15.4 Å². The number of ether oxygens (including phenoxy) is 1. The second kappa shape index (κ2) is 6.75. The van der Waals surface area contributed by atoms with Gasteiger partial charge >= 0.3 is 0 Å². The second-order valence-corrected chi connectivity index (χ2v) is 5.55. The normalized spacial score (nSPS) is 26.1. The third-order valence-corrected chi connectivity index (χ3v) is 3.56. The Morgan fingerprint density at radius 3 is 2.25 bits per heavy atom. The van der Waals surface area contributed by atoms with Crippen LogP contribution in [0.5, 0.6) is 0 Å². The van der Waals surface area contributed by atoms with Gasteiger partial charge in [-0.05, 0) is 51.0 Å². The minimum absolute atomic E-state index is 0.0396. The molecule has 1 aromatic rings. The van der Waals surface area contributed by atoms with Crippen molar-refractivity contribution < 1.29 is 9.53 Å². The van der Waals surface area contributed by atoms with Crippen LogP contribution >= 0.6 is 0 Å². The molecule has 1 heterocycles. The first-order chi connectivity index (χ1) is 9.56. The molecule has 0 saturated carbocycles. The van der Waals surface area contributed by atoms with E-state index in [1.165, 1.54) is 0 Å². The molecule has 0 bridgehead atoms. The molecule has 110 valence electrons. The highest BCUT2D eigenvalue weighted by Gasteiger charge is 2.24. The van der Waals surface area contributed by atoms with Crippen LogP contribution in [0.4, 0.5) is 11.4 Å². The summed E-state index contributed by atoms with van der Waals surface area (Å²) in [5, 5.41) is 6.39. The number of hydrogen-bond donors (Lipinski definition) is 2. The number of amides is 1. The molecule has 0 aromatic heterocycles. The average Bonchev–Trinajstić information content (AvgIpc) is 2.39. The van der Waals surface area contributed by atoms with Crippen molar-refractivity contribution in [2.45, 2.75) is 58.3 Å². The highest BCUT2D eigenvalue weighted by atomic mass is 16.5. The molecule has 4 heteroatoms. The summed E-state index contributed by atoms with van der Waals surface area (Å²) in [7, 11) is 0. The van der Waals surface area contributed by atoms with E-state index in [2.05, 4.69) is 24.5 Å². The van der Waals surface area contributed by atoms with E-state index < -0.39 is 0 Å². The maximum atomic E-state index is 11.3. The van der Waals surface area contributed by atoms with Gasteiger partial charge in [0.05, 0.1) is 12.2 Å². The Bertz CT molecular complexity index is 434. The van der Waals surface area contributed by atoms with Crippen molar-refractivity contribution in [3.05, 3.63) is 24.3 Å². The molecule has 1 amide bonds. The standard InChI is InChI=1S/C16H24N2O2/c1-4-16(19)18-14-7-5-13(6-8-14)17-15-9-11(2)20-12(3)10-15/h5-8,11-12,15,17H,4,9-10H2,1-3H3,(H,18,19). The zero-order valence-corrected chi connectivity index (χ0v) is 12.5. The fraction of sp³-hybridized carbons (Fsp3) is 0.562. The summed E-state index contributed by atoms with van der Waals surface area (Å²) in [6.07, 6.45) is 3.16. The van der Waals surface area contributed by atoms with E-state index in [0.29, 0.717) is 24.7 Å². The first-order valence-corrected chi connectivity index (χ1v) is 7.38. The molecule has 1 aliphatic heterocycles. The maximum Gasteiger partial charge on any atom is 0.224 e. The first-order valence-electron chi connectivity index (χ1n) is 7.38. The fourth-order valence-corrected chi connectivity index (χ4v) is 2.66. The van der Waals surface area contributed by atoms with Crippen molar-refractivity contribution in [1.29, 1.82) is 0 Å². The van der Waals surface area contributed by atoms with E-state index in [0.717, 1.165) is 24.2 Å². The monoisotopic (exact) mass is 276 g/mol. The van der Waals surface area contributed by atoms with Gasteiger partial charge in [-0.3, -0.25) is 4.79 Å². The van der Waals surface area contributed by atoms with Crippen LogP contribution in [0, 0.1) is 0 Å². The van der Waals surface area contributed by atoms with Crippen LogP contribution in [0.3, 0.4) is 0 Å². The van der Waals surface area contributed by atoms with Gasteiger partial charge in [-0.15, -0.1) is 0 Å². The number of anilines is 2. The quantitative estimate of drug-likeness (QED) is 0.886. The maximum absolute atomic E-state index is 11.3. The highest BCUT2D eigenvalue weighted by Crippen LogP contribution is 2.23. The molecule has 0 radical (unpaired) electrons. The molecule has 1 saturated heterocycles. The summed E-state index contributed by atoms with van der Waals surface area (Å²) in [5.74, 6) is 0.0396. The molecule has 2 rings (SSSR count). The van der Waals surface area contributed by atoms with Crippen molar-refractivity contribution in [2.24, 2.45) is 0 Å². The summed E-state index contributed by atoms with van der Waals surface area (Å²) >= 11 is 0. The van der Waals surface area contributed by atoms with Crippen LogP contribution in [0.15, 0.2) is 24.3 Å². The molecule has 4 nitrogen and oxygen atoms in total. The Morgan fingerprint density at radius 2 is 1.70 bits per heavy atom. The second-order valence-electron chi connectivity index (χ2n) is 5.55. The summed E-state index contributed by atoms with van der Waals surface area (Å²) in [5.41, 5.74) is 1.93. The Morgan fingerprint density at radius 1 is 1.15 bits per heavy atom. The van der Waals surface area contributed by atoms with Crippen molar-refractivity contribution in [3.63, 3.8) is 0 Å². The number of carbonyl (C=O) groups excluding carboxylic acids is 1. The molecule has 0 spiro atoms. The number of carbonyl (C=O) groups is 1. The SMILES string of the molecule is CCC(=O)Nc1ccc(NC2CC(C)OC(C)C2)cc1. The highest BCUT2D eigenvalue weighted by molar-refractivity contribution is 5.90. The summed E-state index contributed by atoms with van der Waals surface area (Å²) in [6, 6.07) is 8.33. The van der Waals surface area contributed by atoms with Gasteiger partial charge in [-0.1, -0.05) is 6.92 Å². The van der Waals surface area contributed by atoms with E-state index in [-0.39, 0.29) is 5.91 Å². The largest absolute Gasteiger partial charge is 0.382 e. The van der Waals surface area contributed by atoms with Gasteiger partial charge in [-0.2, -0.15) is 0 Å². The van der Waals surface area contributed by atoms with Crippen LogP contribution in [0.25, 0.3) is 0 Å². The summed E-state index contributed by atoms with van der Waals surface area (Å²) < 4.78 is 5.74. The Labute approximate surface area is 120 Å². The lowest BCUT2D eigenvalue weighted by Gasteiger charge is -2.33. The van der Waals surface area contributed by atoms with Gasteiger partial charge in [0.1, 0.15) is 0 Å². The predicted molar refractivity (Wildman–Crippen MR) is 82.0 cm³/mol. The summed E-state index contributed by atoms with van der Waals surface area (Å²) in [4.78, 5) is 11.3. The zero-order chi connectivity index (χ0) is 14.5. The average molecular weight is 276 g/mol. The van der Waals surface area contributed by atoms with E-state index in [1.807, 2.05) is 31.2 Å². The molecule has 2 unspecified atom stereocenters. The number of nitrogens with one attached hydrogen (secondary N) is 2. The van der Waals surface area contributed by atoms with Crippen molar-refractivity contribution in [1.82, 2.24) is 0 Å². The Kier molecular flexibility index (Phi) is 5.01. The summed E-state index contributed by atoms with van der Waals surface area (Å²) in [6.45, 7) is 6.08. The number of rotatable bonds is 4. The lowest BCUT2D eigenvalue weighted by Crippen LogP contribution is -2.36. The van der Waals surface area contributed by atoms with E-state index in [4.69, 9.17) is 4.74 Å². The molecule has 1 aliphatic rings. The van der Waals surface area contributed by atoms with E-state index >= 15 is 0 Å². The van der Waals surface area contributed by atoms with Crippen LogP contribution in [-0.2, 0) is 9.53 Å². The van der Waals surface area contributed by atoms with Crippen molar-refractivity contribution in [3.8, 4) is 0 Å². The van der Waals surface area contributed by atoms with E-state index in [1.54, 1.807) is 0 Å². The molecular weight excluding hydrogens is 252 g/mol. The minimum atomic E-state index is 0.0396. The van der Waals surface area contributed by atoms with E-state index in [9.17, 15) is 4.79 Å². The smallest absolute Gasteiger partial charge is 0.224 e. The van der Waals surface area contributed by atoms with Gasteiger partial charge in [0.25, 0.3) is 0 Å². The lowest BCUT2D eigenvalue weighted by molar-refractivity contribution is -0.115. The Hall–Kier alpha value is -1.55. The zero-order valence-electron chi connectivity index (χ0n) is 12.5. The molecule has 0 aliphatic carbocycles. The fourth-order valence-electron chi connectivity index (χ4n) is 2.66. The van der Waals surface area contributed by atoms with Crippen LogP contribution in [-0.4, -0.2) is 24.2 Å². The molecule has 2 N–H and O–H groups in total. The molecule has 2 atom stereocenters. The van der Waals surface area contributed by atoms with Gasteiger partial charge in [0, 0.05) is 23.8 Å². The third-order valence-electron chi connectivity index (χ3n) is 3.56. The molecular formula is C16H24N2O2. The Balaban J connectivity index is 1.91. The lowest BCUT2D eigenvalue weighted by atomic mass is 9.99.